The fourth-order valence-corrected chi connectivity index (χ4v) is 4.69. The number of hydrogen-bond donors (Lipinski definition) is 1. The SMILES string of the molecule is CCOc1ccccc1NC(=O)COc1ccc(/C=C2/SC(=O)N(Cc3ccccc3Cl)C2=O)cc1OC. The number of amides is 3. The van der Waals surface area contributed by atoms with E-state index < -0.39 is 5.91 Å². The minimum atomic E-state index is -0.400. The van der Waals surface area contributed by atoms with Gasteiger partial charge in [-0.3, -0.25) is 19.3 Å². The first-order chi connectivity index (χ1) is 18.4. The Morgan fingerprint density at radius 2 is 1.76 bits per heavy atom. The predicted octanol–water partition coefficient (Wildman–Crippen LogP) is 6.00. The van der Waals surface area contributed by atoms with Crippen molar-refractivity contribution >= 4 is 52.2 Å². The Labute approximate surface area is 229 Å². The lowest BCUT2D eigenvalue weighted by Gasteiger charge is -2.14. The average Bonchev–Trinajstić information content (AvgIpc) is 3.17. The van der Waals surface area contributed by atoms with Crippen molar-refractivity contribution in [1.82, 2.24) is 4.90 Å². The summed E-state index contributed by atoms with van der Waals surface area (Å²) in [5.74, 6) is 0.529. The number of methoxy groups -OCH3 is 1. The molecule has 1 saturated heterocycles. The first-order valence-corrected chi connectivity index (χ1v) is 12.9. The van der Waals surface area contributed by atoms with Gasteiger partial charge in [0.1, 0.15) is 5.75 Å². The van der Waals surface area contributed by atoms with Crippen molar-refractivity contribution in [2.75, 3.05) is 25.6 Å². The van der Waals surface area contributed by atoms with Gasteiger partial charge >= 0.3 is 0 Å². The van der Waals surface area contributed by atoms with Gasteiger partial charge in [-0.2, -0.15) is 0 Å². The van der Waals surface area contributed by atoms with Gasteiger partial charge in [0.25, 0.3) is 17.1 Å². The topological polar surface area (TPSA) is 94.2 Å². The summed E-state index contributed by atoms with van der Waals surface area (Å²) < 4.78 is 16.6. The second kappa shape index (κ2) is 12.5. The van der Waals surface area contributed by atoms with E-state index in [9.17, 15) is 14.4 Å². The number of benzene rings is 3. The van der Waals surface area contributed by atoms with E-state index >= 15 is 0 Å². The van der Waals surface area contributed by atoms with Gasteiger partial charge in [-0.15, -0.1) is 0 Å². The number of hydrogen-bond acceptors (Lipinski definition) is 7. The van der Waals surface area contributed by atoms with Gasteiger partial charge in [-0.05, 0) is 66.2 Å². The highest BCUT2D eigenvalue weighted by atomic mass is 35.5. The molecule has 1 aliphatic rings. The summed E-state index contributed by atoms with van der Waals surface area (Å²) in [6.07, 6.45) is 1.61. The van der Waals surface area contributed by atoms with Crippen LogP contribution in [0.3, 0.4) is 0 Å². The average molecular weight is 553 g/mol. The molecule has 3 amide bonds. The molecule has 0 bridgehead atoms. The van der Waals surface area contributed by atoms with Gasteiger partial charge in [-0.25, -0.2) is 0 Å². The predicted molar refractivity (Wildman–Crippen MR) is 148 cm³/mol. The lowest BCUT2D eigenvalue weighted by atomic mass is 10.1. The number of nitrogens with one attached hydrogen (secondary N) is 1. The molecule has 0 saturated carbocycles. The number of para-hydroxylation sites is 2. The molecule has 1 heterocycles. The standard InChI is InChI=1S/C28H25ClN2O6S/c1-3-36-22-11-7-6-10-21(22)30-26(32)17-37-23-13-12-18(14-24(23)35-2)15-25-27(33)31(28(34)38-25)16-19-8-4-5-9-20(19)29/h4-15H,3,16-17H2,1-2H3,(H,30,32)/b25-15+. The summed E-state index contributed by atoms with van der Waals surface area (Å²) in [5.41, 5.74) is 1.87. The van der Waals surface area contributed by atoms with E-state index in [4.69, 9.17) is 25.8 Å². The first kappa shape index (κ1) is 27.1. The minimum absolute atomic E-state index is 0.0922. The molecule has 0 atom stereocenters. The third kappa shape index (κ3) is 6.48. The van der Waals surface area contributed by atoms with Crippen LogP contribution >= 0.6 is 23.4 Å². The summed E-state index contributed by atoms with van der Waals surface area (Å²) in [6, 6.07) is 19.2. The second-order valence-corrected chi connectivity index (χ2v) is 9.44. The molecule has 3 aromatic carbocycles. The summed E-state index contributed by atoms with van der Waals surface area (Å²) in [7, 11) is 1.47. The third-order valence-corrected chi connectivity index (χ3v) is 6.74. The molecule has 0 radical (unpaired) electrons. The van der Waals surface area contributed by atoms with Crippen LogP contribution in [0.5, 0.6) is 17.2 Å². The molecule has 3 aromatic rings. The van der Waals surface area contributed by atoms with Gasteiger partial charge in [-0.1, -0.05) is 48.0 Å². The zero-order valence-electron chi connectivity index (χ0n) is 20.7. The van der Waals surface area contributed by atoms with Gasteiger partial charge in [0.05, 0.1) is 30.9 Å². The summed E-state index contributed by atoms with van der Waals surface area (Å²) >= 11 is 7.05. The summed E-state index contributed by atoms with van der Waals surface area (Å²) in [6.45, 7) is 2.18. The maximum atomic E-state index is 12.9. The summed E-state index contributed by atoms with van der Waals surface area (Å²) in [5, 5.41) is 2.89. The van der Waals surface area contributed by atoms with Crippen LogP contribution in [-0.4, -0.2) is 42.3 Å². The van der Waals surface area contributed by atoms with Gasteiger partial charge < -0.3 is 19.5 Å². The molecule has 1 fully saturated rings. The van der Waals surface area contributed by atoms with E-state index in [1.807, 2.05) is 13.0 Å². The Balaban J connectivity index is 1.42. The van der Waals surface area contributed by atoms with Crippen LogP contribution in [0.15, 0.2) is 71.6 Å². The van der Waals surface area contributed by atoms with E-state index in [2.05, 4.69) is 5.32 Å². The van der Waals surface area contributed by atoms with Crippen molar-refractivity contribution in [2.45, 2.75) is 13.5 Å². The largest absolute Gasteiger partial charge is 0.493 e. The maximum absolute atomic E-state index is 12.9. The van der Waals surface area contributed by atoms with Crippen molar-refractivity contribution < 1.29 is 28.6 Å². The quantitative estimate of drug-likeness (QED) is 0.308. The van der Waals surface area contributed by atoms with Crippen molar-refractivity contribution in [3.8, 4) is 17.2 Å². The summed E-state index contributed by atoms with van der Waals surface area (Å²) in [4.78, 5) is 39.3. The van der Waals surface area contributed by atoms with E-state index in [1.165, 1.54) is 7.11 Å². The molecule has 1 N–H and O–H groups in total. The van der Waals surface area contributed by atoms with Crippen molar-refractivity contribution in [3.63, 3.8) is 0 Å². The van der Waals surface area contributed by atoms with Crippen LogP contribution in [0, 0.1) is 0 Å². The number of anilines is 1. The van der Waals surface area contributed by atoms with E-state index in [0.29, 0.717) is 45.7 Å². The molecule has 0 aromatic heterocycles. The lowest BCUT2D eigenvalue weighted by molar-refractivity contribution is -0.123. The molecule has 10 heteroatoms. The molecule has 4 rings (SSSR count). The molecule has 0 aliphatic carbocycles. The van der Waals surface area contributed by atoms with Gasteiger partial charge in [0.2, 0.25) is 0 Å². The zero-order chi connectivity index (χ0) is 27.1. The molecule has 1 aliphatic heterocycles. The number of rotatable bonds is 10. The Morgan fingerprint density at radius 1 is 1.00 bits per heavy atom. The van der Waals surface area contributed by atoms with E-state index in [1.54, 1.807) is 66.7 Å². The van der Waals surface area contributed by atoms with Crippen LogP contribution in [0.4, 0.5) is 10.5 Å². The van der Waals surface area contributed by atoms with Crippen LogP contribution in [-0.2, 0) is 16.1 Å². The van der Waals surface area contributed by atoms with Crippen molar-refractivity contribution in [3.05, 3.63) is 87.8 Å². The minimum Gasteiger partial charge on any atom is -0.493 e. The van der Waals surface area contributed by atoms with Crippen LogP contribution in [0.2, 0.25) is 5.02 Å². The number of nitrogens with zero attached hydrogens (tertiary/aromatic N) is 1. The number of imide groups is 1. The monoisotopic (exact) mass is 552 g/mol. The number of carbonyl (C=O) groups is 3. The fraction of sp³-hybridized carbons (Fsp3) is 0.179. The number of carbonyl (C=O) groups excluding carboxylic acids is 3. The highest BCUT2D eigenvalue weighted by Gasteiger charge is 2.35. The van der Waals surface area contributed by atoms with Crippen molar-refractivity contribution in [2.24, 2.45) is 0 Å². The second-order valence-electron chi connectivity index (χ2n) is 8.04. The first-order valence-electron chi connectivity index (χ1n) is 11.7. The highest BCUT2D eigenvalue weighted by molar-refractivity contribution is 8.18. The number of thioether (sulfide) groups is 1. The Morgan fingerprint density at radius 3 is 2.53 bits per heavy atom. The third-order valence-electron chi connectivity index (χ3n) is 5.47. The van der Waals surface area contributed by atoms with Crippen LogP contribution in [0.25, 0.3) is 6.08 Å². The normalized spacial score (nSPS) is 14.1. The Hall–Kier alpha value is -3.95. The number of halogens is 1. The smallest absolute Gasteiger partial charge is 0.293 e. The van der Waals surface area contributed by atoms with Gasteiger partial charge in [0.15, 0.2) is 18.1 Å². The van der Waals surface area contributed by atoms with Crippen LogP contribution in [0.1, 0.15) is 18.1 Å². The Bertz CT molecular complexity index is 1390. The van der Waals surface area contributed by atoms with E-state index in [0.717, 1.165) is 16.7 Å². The van der Waals surface area contributed by atoms with E-state index in [-0.39, 0.29) is 29.2 Å². The van der Waals surface area contributed by atoms with Crippen LogP contribution < -0.4 is 19.5 Å². The molecule has 0 unspecified atom stereocenters. The van der Waals surface area contributed by atoms with Crippen molar-refractivity contribution in [1.29, 1.82) is 0 Å². The molecular weight excluding hydrogens is 528 g/mol. The Kier molecular flexibility index (Phi) is 8.93. The molecule has 0 spiro atoms. The lowest BCUT2D eigenvalue weighted by Crippen LogP contribution is -2.27. The molecule has 8 nitrogen and oxygen atoms in total. The zero-order valence-corrected chi connectivity index (χ0v) is 22.3. The molecule has 196 valence electrons. The number of ether oxygens (including phenoxy) is 3. The maximum Gasteiger partial charge on any atom is 0.293 e. The highest BCUT2D eigenvalue weighted by Crippen LogP contribution is 2.36. The molecule has 38 heavy (non-hydrogen) atoms. The fourth-order valence-electron chi connectivity index (χ4n) is 3.66. The van der Waals surface area contributed by atoms with Gasteiger partial charge in [0, 0.05) is 5.02 Å². The molecular formula is C28H25ClN2O6S.